The molecule has 0 bridgehead atoms. The van der Waals surface area contributed by atoms with Gasteiger partial charge in [-0.2, -0.15) is 0 Å². The summed E-state index contributed by atoms with van der Waals surface area (Å²) in [6.07, 6.45) is -0.234. The van der Waals surface area contributed by atoms with E-state index in [-0.39, 0.29) is 11.3 Å². The third-order valence-corrected chi connectivity index (χ3v) is 5.10. The first-order chi connectivity index (χ1) is 10.9. The average molecular weight is 335 g/mol. The highest BCUT2D eigenvalue weighted by Crippen LogP contribution is 2.30. The summed E-state index contributed by atoms with van der Waals surface area (Å²) in [5.74, 6) is -0.585. The number of hydrogen-bond donors (Lipinski definition) is 1. The molecule has 0 aromatic heterocycles. The molecule has 0 atom stereocenters. The number of carboxylic acids is 1. The molecule has 0 aliphatic carbocycles. The van der Waals surface area contributed by atoms with Crippen LogP contribution in [0.15, 0.2) is 53.4 Å². The fourth-order valence-electron chi connectivity index (χ4n) is 2.17. The topological polar surface area (TPSA) is 83.9 Å². The second-order valence-corrected chi connectivity index (χ2v) is 6.83. The van der Waals surface area contributed by atoms with Crippen LogP contribution >= 0.6 is 0 Å². The summed E-state index contributed by atoms with van der Waals surface area (Å²) in [5, 5.41) is 8.84. The van der Waals surface area contributed by atoms with Crippen molar-refractivity contribution in [2.75, 3.05) is 18.5 Å². The Morgan fingerprint density at radius 2 is 1.87 bits per heavy atom. The molecule has 2 rings (SSSR count). The van der Waals surface area contributed by atoms with Crippen molar-refractivity contribution < 1.29 is 23.1 Å². The van der Waals surface area contributed by atoms with Crippen LogP contribution in [-0.4, -0.2) is 33.7 Å². The Morgan fingerprint density at radius 3 is 2.52 bits per heavy atom. The highest BCUT2D eigenvalue weighted by molar-refractivity contribution is 7.92. The summed E-state index contributed by atoms with van der Waals surface area (Å²) in [4.78, 5) is 10.8. The van der Waals surface area contributed by atoms with Crippen LogP contribution in [0.3, 0.4) is 0 Å². The number of ether oxygens (including phenoxy) is 1. The van der Waals surface area contributed by atoms with Crippen molar-refractivity contribution in [3.8, 4) is 5.75 Å². The van der Waals surface area contributed by atoms with Crippen LogP contribution in [-0.2, 0) is 21.2 Å². The van der Waals surface area contributed by atoms with Gasteiger partial charge in [-0.1, -0.05) is 24.3 Å². The minimum Gasteiger partial charge on any atom is -0.495 e. The molecule has 122 valence electrons. The zero-order valence-corrected chi connectivity index (χ0v) is 13.6. The third-order valence-electron chi connectivity index (χ3n) is 3.34. The number of anilines is 1. The number of aliphatic carboxylic acids is 1. The predicted molar refractivity (Wildman–Crippen MR) is 86.4 cm³/mol. The van der Waals surface area contributed by atoms with Crippen LogP contribution in [0.4, 0.5) is 5.69 Å². The lowest BCUT2D eigenvalue weighted by molar-refractivity contribution is -0.136. The lowest BCUT2D eigenvalue weighted by Gasteiger charge is -2.21. The van der Waals surface area contributed by atoms with E-state index in [1.165, 1.54) is 32.4 Å². The number of carbonyl (C=O) groups is 1. The van der Waals surface area contributed by atoms with Gasteiger partial charge in [-0.25, -0.2) is 8.42 Å². The predicted octanol–water partition coefficient (Wildman–Crippen LogP) is 2.15. The first-order valence-electron chi connectivity index (χ1n) is 6.79. The van der Waals surface area contributed by atoms with Crippen molar-refractivity contribution in [2.24, 2.45) is 0 Å². The normalized spacial score (nSPS) is 11.0. The van der Waals surface area contributed by atoms with Gasteiger partial charge in [0.15, 0.2) is 0 Å². The molecule has 0 saturated carbocycles. The average Bonchev–Trinajstić information content (AvgIpc) is 2.53. The van der Waals surface area contributed by atoms with Gasteiger partial charge < -0.3 is 9.84 Å². The minimum atomic E-state index is -3.82. The van der Waals surface area contributed by atoms with E-state index in [0.29, 0.717) is 17.0 Å². The number of rotatable bonds is 6. The van der Waals surface area contributed by atoms with Gasteiger partial charge in [0.1, 0.15) is 5.75 Å². The van der Waals surface area contributed by atoms with Gasteiger partial charge in [0.2, 0.25) is 0 Å². The van der Waals surface area contributed by atoms with Gasteiger partial charge in [0.25, 0.3) is 10.0 Å². The number of para-hydroxylation sites is 2. The Labute approximate surface area is 135 Å². The molecule has 0 aliphatic rings. The molecule has 6 nitrogen and oxygen atoms in total. The monoisotopic (exact) mass is 335 g/mol. The molecule has 0 unspecified atom stereocenters. The van der Waals surface area contributed by atoms with E-state index in [1.54, 1.807) is 30.3 Å². The van der Waals surface area contributed by atoms with Gasteiger partial charge in [-0.3, -0.25) is 9.10 Å². The molecule has 2 aromatic rings. The molecule has 0 aliphatic heterocycles. The Hall–Kier alpha value is -2.54. The summed E-state index contributed by atoms with van der Waals surface area (Å²) in [5.41, 5.74) is 0.825. The standard InChI is InChI=1S/C16H17NO5S/c1-17(14-8-3-4-9-15(14)22-2)23(20,21)13-7-5-6-12(10-13)11-16(18)19/h3-10H,11H2,1-2H3,(H,18,19). The lowest BCUT2D eigenvalue weighted by atomic mass is 10.2. The Morgan fingerprint density at radius 1 is 1.17 bits per heavy atom. The minimum absolute atomic E-state index is 0.0321. The summed E-state index contributed by atoms with van der Waals surface area (Å²) in [6, 6.07) is 12.7. The van der Waals surface area contributed by atoms with Crippen molar-refractivity contribution >= 4 is 21.7 Å². The van der Waals surface area contributed by atoms with E-state index in [1.807, 2.05) is 0 Å². The van der Waals surface area contributed by atoms with Crippen molar-refractivity contribution in [1.82, 2.24) is 0 Å². The van der Waals surface area contributed by atoms with Gasteiger partial charge in [-0.15, -0.1) is 0 Å². The fraction of sp³-hybridized carbons (Fsp3) is 0.188. The molecule has 2 aromatic carbocycles. The van der Waals surface area contributed by atoms with Gasteiger partial charge in [-0.05, 0) is 29.8 Å². The summed E-state index contributed by atoms with van der Waals surface area (Å²) in [6.45, 7) is 0. The molecule has 7 heteroatoms. The van der Waals surface area contributed by atoms with E-state index in [4.69, 9.17) is 9.84 Å². The quantitative estimate of drug-likeness (QED) is 0.874. The van der Waals surface area contributed by atoms with E-state index < -0.39 is 16.0 Å². The van der Waals surface area contributed by atoms with Crippen molar-refractivity contribution in [3.05, 3.63) is 54.1 Å². The first kappa shape index (κ1) is 16.8. The van der Waals surface area contributed by atoms with E-state index in [9.17, 15) is 13.2 Å². The molecule has 0 fully saturated rings. The Balaban J connectivity index is 2.43. The first-order valence-corrected chi connectivity index (χ1v) is 8.23. The number of nitrogens with zero attached hydrogens (tertiary/aromatic N) is 1. The number of benzene rings is 2. The number of carboxylic acid groups (broad SMARTS) is 1. The van der Waals surface area contributed by atoms with Crippen LogP contribution < -0.4 is 9.04 Å². The van der Waals surface area contributed by atoms with Crippen molar-refractivity contribution in [3.63, 3.8) is 0 Å². The van der Waals surface area contributed by atoms with Crippen LogP contribution in [0, 0.1) is 0 Å². The van der Waals surface area contributed by atoms with Gasteiger partial charge >= 0.3 is 5.97 Å². The zero-order chi connectivity index (χ0) is 17.0. The zero-order valence-electron chi connectivity index (χ0n) is 12.8. The molecule has 1 N–H and O–H groups in total. The highest BCUT2D eigenvalue weighted by atomic mass is 32.2. The maximum Gasteiger partial charge on any atom is 0.307 e. The largest absolute Gasteiger partial charge is 0.495 e. The molecule has 0 saturated heterocycles. The molecule has 0 radical (unpaired) electrons. The smallest absolute Gasteiger partial charge is 0.307 e. The van der Waals surface area contributed by atoms with E-state index in [2.05, 4.69) is 0 Å². The number of hydrogen-bond acceptors (Lipinski definition) is 4. The van der Waals surface area contributed by atoms with E-state index >= 15 is 0 Å². The maximum absolute atomic E-state index is 12.8. The van der Waals surface area contributed by atoms with Crippen LogP contribution in [0.5, 0.6) is 5.75 Å². The van der Waals surface area contributed by atoms with E-state index in [0.717, 1.165) is 4.31 Å². The fourth-order valence-corrected chi connectivity index (χ4v) is 3.44. The second kappa shape index (κ2) is 6.70. The maximum atomic E-state index is 12.8. The summed E-state index contributed by atoms with van der Waals surface area (Å²) < 4.78 is 31.8. The molecule has 23 heavy (non-hydrogen) atoms. The molecular weight excluding hydrogens is 318 g/mol. The molecule has 0 spiro atoms. The highest BCUT2D eigenvalue weighted by Gasteiger charge is 2.24. The van der Waals surface area contributed by atoms with Gasteiger partial charge in [0, 0.05) is 7.05 Å². The van der Waals surface area contributed by atoms with Crippen LogP contribution in [0.25, 0.3) is 0 Å². The molecule has 0 heterocycles. The molecule has 0 amide bonds. The van der Waals surface area contributed by atoms with Crippen molar-refractivity contribution in [2.45, 2.75) is 11.3 Å². The Kier molecular flexibility index (Phi) is 4.90. The Bertz CT molecular complexity index is 817. The van der Waals surface area contributed by atoms with Crippen molar-refractivity contribution in [1.29, 1.82) is 0 Å². The molecular formula is C16H17NO5S. The summed E-state index contributed by atoms with van der Waals surface area (Å²) in [7, 11) is -0.930. The number of sulfonamides is 1. The van der Waals surface area contributed by atoms with Crippen LogP contribution in [0.2, 0.25) is 0 Å². The summed E-state index contributed by atoms with van der Waals surface area (Å²) >= 11 is 0. The van der Waals surface area contributed by atoms with Crippen LogP contribution in [0.1, 0.15) is 5.56 Å². The SMILES string of the molecule is COc1ccccc1N(C)S(=O)(=O)c1cccc(CC(=O)O)c1. The number of methoxy groups -OCH3 is 1. The lowest BCUT2D eigenvalue weighted by Crippen LogP contribution is -2.27. The third kappa shape index (κ3) is 3.62. The second-order valence-electron chi connectivity index (χ2n) is 4.86. The van der Waals surface area contributed by atoms with Gasteiger partial charge in [0.05, 0.1) is 24.1 Å².